The van der Waals surface area contributed by atoms with Crippen molar-refractivity contribution in [2.24, 2.45) is 7.05 Å². The van der Waals surface area contributed by atoms with Crippen molar-refractivity contribution in [1.82, 2.24) is 19.7 Å². The van der Waals surface area contributed by atoms with E-state index in [9.17, 15) is 4.79 Å². The molecule has 1 saturated heterocycles. The van der Waals surface area contributed by atoms with Crippen molar-refractivity contribution in [2.75, 3.05) is 18.1 Å². The second-order valence-electron chi connectivity index (χ2n) is 4.77. The lowest BCUT2D eigenvalue weighted by Gasteiger charge is -2.35. The van der Waals surface area contributed by atoms with Gasteiger partial charge in [-0.3, -0.25) is 14.5 Å². The van der Waals surface area contributed by atoms with Crippen molar-refractivity contribution in [3.8, 4) is 0 Å². The fraction of sp³-hybridized carbons (Fsp3) is 0.357. The summed E-state index contributed by atoms with van der Waals surface area (Å²) in [6.45, 7) is 0.769. The first kappa shape index (κ1) is 13.2. The van der Waals surface area contributed by atoms with Crippen LogP contribution in [0.25, 0.3) is 0 Å². The molecular weight excluding hydrogens is 272 g/mol. The molecule has 1 atom stereocenters. The van der Waals surface area contributed by atoms with E-state index in [1.165, 1.54) is 0 Å². The normalized spacial score (nSPS) is 19.1. The molecule has 1 amide bonds. The predicted octanol–water partition coefficient (Wildman–Crippen LogP) is 1.75. The zero-order valence-corrected chi connectivity index (χ0v) is 12.1. The number of aryl methyl sites for hydroxylation is 1. The van der Waals surface area contributed by atoms with Crippen LogP contribution in [0.3, 0.4) is 0 Å². The van der Waals surface area contributed by atoms with E-state index < -0.39 is 0 Å². The van der Waals surface area contributed by atoms with Gasteiger partial charge in [0.05, 0.1) is 12.2 Å². The molecule has 1 aliphatic heterocycles. The average molecular weight is 288 g/mol. The van der Waals surface area contributed by atoms with E-state index in [-0.39, 0.29) is 11.9 Å². The summed E-state index contributed by atoms with van der Waals surface area (Å²) in [7, 11) is 1.90. The van der Waals surface area contributed by atoms with Crippen molar-refractivity contribution < 1.29 is 4.79 Å². The smallest absolute Gasteiger partial charge is 0.254 e. The van der Waals surface area contributed by atoms with Gasteiger partial charge in [-0.2, -0.15) is 16.9 Å². The van der Waals surface area contributed by atoms with Crippen molar-refractivity contribution in [3.63, 3.8) is 0 Å². The first-order chi connectivity index (χ1) is 9.75. The van der Waals surface area contributed by atoms with Gasteiger partial charge in [0, 0.05) is 54.8 Å². The minimum absolute atomic E-state index is 0.0709. The monoisotopic (exact) mass is 288 g/mol. The summed E-state index contributed by atoms with van der Waals surface area (Å²) in [5.74, 6) is 1.97. The lowest BCUT2D eigenvalue weighted by atomic mass is 10.1. The number of amides is 1. The van der Waals surface area contributed by atoms with E-state index in [0.717, 1.165) is 23.6 Å². The molecule has 20 heavy (non-hydrogen) atoms. The maximum atomic E-state index is 12.7. The lowest BCUT2D eigenvalue weighted by Crippen LogP contribution is -2.40. The number of rotatable bonds is 2. The highest BCUT2D eigenvalue weighted by Crippen LogP contribution is 2.30. The Hall–Kier alpha value is -1.82. The Morgan fingerprint density at radius 2 is 2.20 bits per heavy atom. The fourth-order valence-electron chi connectivity index (χ4n) is 2.40. The van der Waals surface area contributed by atoms with Gasteiger partial charge in [-0.1, -0.05) is 0 Å². The molecule has 0 unspecified atom stereocenters. The summed E-state index contributed by atoms with van der Waals surface area (Å²) in [4.78, 5) is 18.6. The highest BCUT2D eigenvalue weighted by atomic mass is 32.2. The van der Waals surface area contributed by atoms with E-state index in [2.05, 4.69) is 10.1 Å². The van der Waals surface area contributed by atoms with Crippen LogP contribution >= 0.6 is 11.8 Å². The highest BCUT2D eigenvalue weighted by molar-refractivity contribution is 7.99. The van der Waals surface area contributed by atoms with Crippen molar-refractivity contribution in [3.05, 3.63) is 48.0 Å². The Balaban J connectivity index is 1.87. The van der Waals surface area contributed by atoms with Gasteiger partial charge in [-0.15, -0.1) is 0 Å². The van der Waals surface area contributed by atoms with Crippen LogP contribution in [0.15, 0.2) is 36.9 Å². The first-order valence-corrected chi connectivity index (χ1v) is 7.68. The number of thioether (sulfide) groups is 1. The molecule has 0 aromatic carbocycles. The molecule has 2 aromatic heterocycles. The Labute approximate surface area is 122 Å². The number of carbonyl (C=O) groups is 1. The maximum Gasteiger partial charge on any atom is 0.254 e. The predicted molar refractivity (Wildman–Crippen MR) is 78.5 cm³/mol. The molecule has 6 heteroatoms. The molecule has 3 heterocycles. The van der Waals surface area contributed by atoms with Crippen molar-refractivity contribution in [1.29, 1.82) is 0 Å². The third-order valence-corrected chi connectivity index (χ3v) is 4.45. The fourth-order valence-corrected chi connectivity index (χ4v) is 3.48. The minimum atomic E-state index is 0.0709. The Bertz CT molecular complexity index is 598. The largest absolute Gasteiger partial charge is 0.330 e. The second kappa shape index (κ2) is 5.66. The van der Waals surface area contributed by atoms with Crippen LogP contribution in [0.5, 0.6) is 0 Å². The summed E-state index contributed by atoms with van der Waals surface area (Å²) in [6.07, 6.45) is 7.16. The van der Waals surface area contributed by atoms with Gasteiger partial charge in [0.2, 0.25) is 0 Å². The molecule has 1 fully saturated rings. The summed E-state index contributed by atoms with van der Waals surface area (Å²) in [6, 6.07) is 3.64. The van der Waals surface area contributed by atoms with Gasteiger partial charge in [0.25, 0.3) is 5.91 Å². The number of pyridine rings is 1. The zero-order chi connectivity index (χ0) is 13.9. The Morgan fingerprint density at radius 1 is 1.40 bits per heavy atom. The van der Waals surface area contributed by atoms with Crippen LogP contribution < -0.4 is 0 Å². The van der Waals surface area contributed by atoms with Crippen LogP contribution in [-0.4, -0.2) is 43.6 Å². The molecular formula is C14H16N4OS. The zero-order valence-electron chi connectivity index (χ0n) is 11.3. The van der Waals surface area contributed by atoms with E-state index in [1.54, 1.807) is 29.2 Å². The van der Waals surface area contributed by atoms with E-state index in [4.69, 9.17) is 0 Å². The molecule has 2 aromatic rings. The van der Waals surface area contributed by atoms with Crippen LogP contribution in [0, 0.1) is 0 Å². The van der Waals surface area contributed by atoms with E-state index in [0.29, 0.717) is 5.56 Å². The summed E-state index contributed by atoms with van der Waals surface area (Å²) < 4.78 is 1.78. The van der Waals surface area contributed by atoms with Crippen molar-refractivity contribution >= 4 is 17.7 Å². The quantitative estimate of drug-likeness (QED) is 0.845. The molecule has 104 valence electrons. The Kier molecular flexibility index (Phi) is 3.73. The van der Waals surface area contributed by atoms with Gasteiger partial charge in [0.1, 0.15) is 0 Å². The van der Waals surface area contributed by atoms with Crippen molar-refractivity contribution in [2.45, 2.75) is 6.04 Å². The highest BCUT2D eigenvalue weighted by Gasteiger charge is 2.29. The number of carbonyl (C=O) groups excluding carboxylic acids is 1. The van der Waals surface area contributed by atoms with Gasteiger partial charge in [0.15, 0.2) is 0 Å². The van der Waals surface area contributed by atoms with Gasteiger partial charge in [-0.05, 0) is 12.1 Å². The van der Waals surface area contributed by atoms with E-state index in [1.807, 2.05) is 36.1 Å². The van der Waals surface area contributed by atoms with Crippen LogP contribution in [0.2, 0.25) is 0 Å². The summed E-state index contributed by atoms with van der Waals surface area (Å²) >= 11 is 1.88. The molecule has 0 bridgehead atoms. The summed E-state index contributed by atoms with van der Waals surface area (Å²) in [5.41, 5.74) is 1.79. The van der Waals surface area contributed by atoms with Gasteiger partial charge in [-0.25, -0.2) is 0 Å². The molecule has 0 saturated carbocycles. The van der Waals surface area contributed by atoms with E-state index >= 15 is 0 Å². The molecule has 1 aliphatic rings. The number of aromatic nitrogens is 3. The Morgan fingerprint density at radius 3 is 2.90 bits per heavy atom. The third-order valence-electron chi connectivity index (χ3n) is 3.43. The summed E-state index contributed by atoms with van der Waals surface area (Å²) in [5, 5.41) is 4.22. The molecule has 0 spiro atoms. The first-order valence-electron chi connectivity index (χ1n) is 6.53. The second-order valence-corrected chi connectivity index (χ2v) is 5.92. The molecule has 0 aliphatic carbocycles. The van der Waals surface area contributed by atoms with Gasteiger partial charge >= 0.3 is 0 Å². The molecule has 0 N–H and O–H groups in total. The topological polar surface area (TPSA) is 51.0 Å². The minimum Gasteiger partial charge on any atom is -0.330 e. The maximum absolute atomic E-state index is 12.7. The SMILES string of the molecule is Cn1cc([C@@H]2CSCCN2C(=O)c2ccncc2)cn1. The molecule has 5 nitrogen and oxygen atoms in total. The third kappa shape index (κ3) is 2.56. The van der Waals surface area contributed by atoms with Gasteiger partial charge < -0.3 is 4.90 Å². The number of hydrogen-bond donors (Lipinski definition) is 0. The van der Waals surface area contributed by atoms with Crippen LogP contribution in [-0.2, 0) is 7.05 Å². The number of hydrogen-bond acceptors (Lipinski definition) is 4. The lowest BCUT2D eigenvalue weighted by molar-refractivity contribution is 0.0701. The molecule has 0 radical (unpaired) electrons. The standard InChI is InChI=1S/C14H16N4OS/c1-17-9-12(8-16-17)13-10-20-7-6-18(13)14(19)11-2-4-15-5-3-11/h2-5,8-9,13H,6-7,10H2,1H3/t13-/m0/s1. The molecule has 3 rings (SSSR count). The number of nitrogens with zero attached hydrogens (tertiary/aromatic N) is 4. The van der Waals surface area contributed by atoms with Crippen LogP contribution in [0.4, 0.5) is 0 Å². The average Bonchev–Trinajstić information content (AvgIpc) is 2.94. The van der Waals surface area contributed by atoms with Crippen LogP contribution in [0.1, 0.15) is 22.0 Å².